The van der Waals surface area contributed by atoms with Gasteiger partial charge in [-0.15, -0.1) is 0 Å². The predicted molar refractivity (Wildman–Crippen MR) is 128 cm³/mol. The highest BCUT2D eigenvalue weighted by Gasteiger charge is 2.29. The van der Waals surface area contributed by atoms with E-state index in [0.29, 0.717) is 35.2 Å². The second-order valence-corrected chi connectivity index (χ2v) is 9.50. The van der Waals surface area contributed by atoms with Crippen LogP contribution in [0.15, 0.2) is 42.5 Å². The van der Waals surface area contributed by atoms with E-state index in [4.69, 9.17) is 23.2 Å². The number of halogens is 2. The molecule has 0 saturated carbocycles. The molecule has 4 rings (SSSR count). The van der Waals surface area contributed by atoms with Crippen LogP contribution in [0.1, 0.15) is 47.2 Å². The minimum atomic E-state index is -0.207. The van der Waals surface area contributed by atoms with Crippen LogP contribution in [0.5, 0.6) is 0 Å². The second kappa shape index (κ2) is 10.7. The largest absolute Gasteiger partial charge is 0.352 e. The van der Waals surface area contributed by atoms with Crippen LogP contribution in [0.25, 0.3) is 0 Å². The Balaban J connectivity index is 1.35. The standard InChI is InChI=1S/C25H29Cl2N3O2/c26-22-10-9-18(14-23(22)27)25(32)30-13-5-8-21(17-30)24(31)28-15-19-6-1-2-7-20(19)16-29-11-3-4-12-29/h1-2,6-7,9-10,14,21H,3-5,8,11-13,15-17H2,(H,28,31). The lowest BCUT2D eigenvalue weighted by molar-refractivity contribution is -0.126. The second-order valence-electron chi connectivity index (χ2n) is 8.69. The van der Waals surface area contributed by atoms with Crippen molar-refractivity contribution < 1.29 is 9.59 Å². The Labute approximate surface area is 199 Å². The minimum Gasteiger partial charge on any atom is -0.352 e. The van der Waals surface area contributed by atoms with Gasteiger partial charge in [-0.3, -0.25) is 14.5 Å². The monoisotopic (exact) mass is 473 g/mol. The molecule has 2 aromatic carbocycles. The van der Waals surface area contributed by atoms with Crippen LogP contribution in [0.4, 0.5) is 0 Å². The summed E-state index contributed by atoms with van der Waals surface area (Å²) in [7, 11) is 0. The molecule has 2 amide bonds. The zero-order chi connectivity index (χ0) is 22.5. The molecule has 0 radical (unpaired) electrons. The molecule has 2 aromatic rings. The summed E-state index contributed by atoms with van der Waals surface area (Å²) in [6, 6.07) is 13.2. The van der Waals surface area contributed by atoms with Gasteiger partial charge in [0, 0.05) is 31.7 Å². The smallest absolute Gasteiger partial charge is 0.253 e. The number of nitrogens with zero attached hydrogens (tertiary/aromatic N) is 2. The fraction of sp³-hybridized carbons (Fsp3) is 0.440. The number of nitrogens with one attached hydrogen (secondary N) is 1. The molecular formula is C25H29Cl2N3O2. The first-order chi connectivity index (χ1) is 15.5. The maximum atomic E-state index is 12.9. The van der Waals surface area contributed by atoms with Crippen molar-refractivity contribution in [3.8, 4) is 0 Å². The Bertz CT molecular complexity index is 975. The van der Waals surface area contributed by atoms with E-state index in [2.05, 4.69) is 28.4 Å². The molecule has 5 nitrogen and oxygen atoms in total. The van der Waals surface area contributed by atoms with Crippen LogP contribution in [-0.4, -0.2) is 47.8 Å². The number of rotatable bonds is 6. The molecule has 2 fully saturated rings. The maximum absolute atomic E-state index is 12.9. The van der Waals surface area contributed by atoms with E-state index in [1.165, 1.54) is 18.4 Å². The maximum Gasteiger partial charge on any atom is 0.253 e. The van der Waals surface area contributed by atoms with Gasteiger partial charge in [-0.2, -0.15) is 0 Å². The lowest BCUT2D eigenvalue weighted by Gasteiger charge is -2.32. The molecule has 1 atom stereocenters. The number of carbonyl (C=O) groups is 2. The van der Waals surface area contributed by atoms with Gasteiger partial charge in [0.1, 0.15) is 0 Å². The summed E-state index contributed by atoms with van der Waals surface area (Å²) in [6.07, 6.45) is 4.11. The van der Waals surface area contributed by atoms with Crippen molar-refractivity contribution in [1.82, 2.24) is 15.1 Å². The van der Waals surface area contributed by atoms with Gasteiger partial charge in [0.15, 0.2) is 0 Å². The third-order valence-electron chi connectivity index (χ3n) is 6.41. The van der Waals surface area contributed by atoms with Gasteiger partial charge in [0.05, 0.1) is 16.0 Å². The summed E-state index contributed by atoms with van der Waals surface area (Å²) in [5.74, 6) is -0.314. The minimum absolute atomic E-state index is 0.00705. The highest BCUT2D eigenvalue weighted by Crippen LogP contribution is 2.25. The first kappa shape index (κ1) is 23.1. The van der Waals surface area contributed by atoms with Crippen LogP contribution in [0.3, 0.4) is 0 Å². The number of amides is 2. The topological polar surface area (TPSA) is 52.7 Å². The quantitative estimate of drug-likeness (QED) is 0.657. The number of hydrogen-bond acceptors (Lipinski definition) is 3. The fourth-order valence-electron chi connectivity index (χ4n) is 4.58. The Hall–Kier alpha value is -2.08. The average Bonchev–Trinajstić information content (AvgIpc) is 3.33. The third-order valence-corrected chi connectivity index (χ3v) is 7.15. The lowest BCUT2D eigenvalue weighted by atomic mass is 9.96. The fourth-order valence-corrected chi connectivity index (χ4v) is 4.88. The average molecular weight is 474 g/mol. The Morgan fingerprint density at radius 3 is 2.44 bits per heavy atom. The lowest BCUT2D eigenvalue weighted by Crippen LogP contribution is -2.45. The molecule has 2 saturated heterocycles. The molecule has 0 spiro atoms. The van der Waals surface area contributed by atoms with Crippen molar-refractivity contribution in [2.45, 2.75) is 38.8 Å². The van der Waals surface area contributed by atoms with Crippen molar-refractivity contribution in [3.63, 3.8) is 0 Å². The highest BCUT2D eigenvalue weighted by molar-refractivity contribution is 6.42. The predicted octanol–water partition coefficient (Wildman–Crippen LogP) is 4.76. The van der Waals surface area contributed by atoms with Crippen LogP contribution >= 0.6 is 23.2 Å². The Morgan fingerprint density at radius 1 is 0.938 bits per heavy atom. The summed E-state index contributed by atoms with van der Waals surface area (Å²) in [5, 5.41) is 3.89. The summed E-state index contributed by atoms with van der Waals surface area (Å²) in [6.45, 7) is 4.79. The van der Waals surface area contributed by atoms with Crippen molar-refractivity contribution in [1.29, 1.82) is 0 Å². The number of carbonyl (C=O) groups excluding carboxylic acids is 2. The molecule has 1 N–H and O–H groups in total. The number of hydrogen-bond donors (Lipinski definition) is 1. The first-order valence-corrected chi connectivity index (χ1v) is 12.1. The molecule has 2 aliphatic rings. The zero-order valence-electron chi connectivity index (χ0n) is 18.2. The van der Waals surface area contributed by atoms with Crippen molar-refractivity contribution in [2.24, 2.45) is 5.92 Å². The Kier molecular flexibility index (Phi) is 7.71. The van der Waals surface area contributed by atoms with Crippen molar-refractivity contribution in [3.05, 3.63) is 69.2 Å². The van der Waals surface area contributed by atoms with Crippen LogP contribution in [0.2, 0.25) is 10.0 Å². The highest BCUT2D eigenvalue weighted by atomic mass is 35.5. The molecule has 7 heteroatoms. The van der Waals surface area contributed by atoms with E-state index in [9.17, 15) is 9.59 Å². The molecule has 0 aliphatic carbocycles. The number of benzene rings is 2. The van der Waals surface area contributed by atoms with Gasteiger partial charge in [0.25, 0.3) is 5.91 Å². The van der Waals surface area contributed by atoms with E-state index >= 15 is 0 Å². The van der Waals surface area contributed by atoms with E-state index in [1.54, 1.807) is 23.1 Å². The molecule has 0 aromatic heterocycles. The van der Waals surface area contributed by atoms with Crippen LogP contribution in [-0.2, 0) is 17.9 Å². The number of piperidine rings is 1. The van der Waals surface area contributed by atoms with Crippen LogP contribution < -0.4 is 5.32 Å². The molecule has 32 heavy (non-hydrogen) atoms. The van der Waals surface area contributed by atoms with E-state index < -0.39 is 0 Å². The number of likely N-dealkylation sites (tertiary alicyclic amines) is 2. The van der Waals surface area contributed by atoms with E-state index in [0.717, 1.165) is 38.0 Å². The molecular weight excluding hydrogens is 445 g/mol. The van der Waals surface area contributed by atoms with Crippen molar-refractivity contribution in [2.75, 3.05) is 26.2 Å². The molecule has 2 aliphatic heterocycles. The Morgan fingerprint density at radius 2 is 1.69 bits per heavy atom. The molecule has 0 bridgehead atoms. The van der Waals surface area contributed by atoms with E-state index in [1.807, 2.05) is 6.07 Å². The van der Waals surface area contributed by atoms with Gasteiger partial charge >= 0.3 is 0 Å². The summed E-state index contributed by atoms with van der Waals surface area (Å²) in [5.41, 5.74) is 2.93. The van der Waals surface area contributed by atoms with Gasteiger partial charge in [-0.1, -0.05) is 47.5 Å². The molecule has 2 heterocycles. The zero-order valence-corrected chi connectivity index (χ0v) is 19.7. The first-order valence-electron chi connectivity index (χ1n) is 11.3. The summed E-state index contributed by atoms with van der Waals surface area (Å²) >= 11 is 12.0. The normalized spacial score (nSPS) is 19.2. The molecule has 170 valence electrons. The van der Waals surface area contributed by atoms with E-state index in [-0.39, 0.29) is 17.7 Å². The summed E-state index contributed by atoms with van der Waals surface area (Å²) < 4.78 is 0. The third kappa shape index (κ3) is 5.64. The van der Waals surface area contributed by atoms with Gasteiger partial charge in [-0.05, 0) is 68.1 Å². The molecule has 1 unspecified atom stereocenters. The van der Waals surface area contributed by atoms with Crippen LogP contribution in [0, 0.1) is 5.92 Å². The van der Waals surface area contributed by atoms with Gasteiger partial charge < -0.3 is 10.2 Å². The summed E-state index contributed by atoms with van der Waals surface area (Å²) in [4.78, 5) is 30.1. The van der Waals surface area contributed by atoms with Crippen molar-refractivity contribution >= 4 is 35.0 Å². The SMILES string of the molecule is O=C(NCc1ccccc1CN1CCCC1)C1CCCN(C(=O)c2ccc(Cl)c(Cl)c2)C1. The van der Waals surface area contributed by atoms with Gasteiger partial charge in [0.2, 0.25) is 5.91 Å². The van der Waals surface area contributed by atoms with Gasteiger partial charge in [-0.25, -0.2) is 0 Å².